The highest BCUT2D eigenvalue weighted by molar-refractivity contribution is 5.83. The fourth-order valence-corrected chi connectivity index (χ4v) is 1.55. The third-order valence-electron chi connectivity index (χ3n) is 2.43. The van der Waals surface area contributed by atoms with E-state index in [2.05, 4.69) is 26.9 Å². The van der Waals surface area contributed by atoms with Gasteiger partial charge in [0.15, 0.2) is 11.6 Å². The molecule has 0 radical (unpaired) electrons. The first-order valence-corrected chi connectivity index (χ1v) is 6.26. The Bertz CT molecular complexity index is 664. The molecule has 0 saturated heterocycles. The number of nitriles is 1. The van der Waals surface area contributed by atoms with E-state index in [4.69, 9.17) is 10.00 Å². The second kappa shape index (κ2) is 6.86. The smallest absolute Gasteiger partial charge is 0.412 e. The van der Waals surface area contributed by atoms with Crippen LogP contribution in [0, 0.1) is 11.3 Å². The molecule has 0 spiro atoms. The van der Waals surface area contributed by atoms with Crippen LogP contribution in [0.3, 0.4) is 0 Å². The summed E-state index contributed by atoms with van der Waals surface area (Å²) in [5.41, 5.74) is 1.28. The zero-order valence-corrected chi connectivity index (χ0v) is 11.3. The summed E-state index contributed by atoms with van der Waals surface area (Å²) >= 11 is 0. The molecule has 2 rings (SSSR count). The van der Waals surface area contributed by atoms with Crippen LogP contribution in [0.1, 0.15) is 12.5 Å². The van der Waals surface area contributed by atoms with Crippen LogP contribution >= 0.6 is 0 Å². The van der Waals surface area contributed by atoms with Crippen LogP contribution in [0.5, 0.6) is 0 Å². The highest BCUT2D eigenvalue weighted by Gasteiger charge is 2.04. The van der Waals surface area contributed by atoms with Crippen molar-refractivity contribution in [1.29, 1.82) is 5.26 Å². The van der Waals surface area contributed by atoms with E-state index in [0.717, 1.165) is 5.69 Å². The topological polar surface area (TPSA) is 99.9 Å². The van der Waals surface area contributed by atoms with Crippen molar-refractivity contribution >= 4 is 23.4 Å². The van der Waals surface area contributed by atoms with Gasteiger partial charge < -0.3 is 10.1 Å². The number of aromatic nitrogens is 2. The summed E-state index contributed by atoms with van der Waals surface area (Å²) in [6, 6.07) is 12.3. The summed E-state index contributed by atoms with van der Waals surface area (Å²) in [5, 5.41) is 22.1. The zero-order chi connectivity index (χ0) is 15.1. The molecule has 2 N–H and O–H groups in total. The molecule has 0 atom stereocenters. The van der Waals surface area contributed by atoms with Crippen LogP contribution in [0.4, 0.5) is 22.1 Å². The zero-order valence-electron chi connectivity index (χ0n) is 11.3. The van der Waals surface area contributed by atoms with Crippen molar-refractivity contribution in [2.24, 2.45) is 0 Å². The van der Waals surface area contributed by atoms with Gasteiger partial charge in [-0.25, -0.2) is 4.79 Å². The van der Waals surface area contributed by atoms with Crippen molar-refractivity contribution in [1.82, 2.24) is 10.2 Å². The Morgan fingerprint density at radius 3 is 2.71 bits per heavy atom. The third-order valence-corrected chi connectivity index (χ3v) is 2.43. The van der Waals surface area contributed by atoms with Gasteiger partial charge in [-0.3, -0.25) is 5.32 Å². The SMILES string of the molecule is CCOC(=O)Nc1ccc(Nc2cccc(C#N)c2)nn1. The third kappa shape index (κ3) is 4.18. The summed E-state index contributed by atoms with van der Waals surface area (Å²) < 4.78 is 4.73. The summed E-state index contributed by atoms with van der Waals surface area (Å²) in [5.74, 6) is 0.796. The summed E-state index contributed by atoms with van der Waals surface area (Å²) in [6.07, 6.45) is -0.575. The van der Waals surface area contributed by atoms with E-state index in [1.165, 1.54) is 0 Å². The van der Waals surface area contributed by atoms with Gasteiger partial charge in [0.05, 0.1) is 18.2 Å². The van der Waals surface area contributed by atoms with Crippen molar-refractivity contribution < 1.29 is 9.53 Å². The highest BCUT2D eigenvalue weighted by atomic mass is 16.5. The number of amides is 1. The minimum atomic E-state index is -0.575. The van der Waals surface area contributed by atoms with Gasteiger partial charge in [-0.05, 0) is 37.3 Å². The summed E-state index contributed by atoms with van der Waals surface area (Å²) in [7, 11) is 0. The number of carbonyl (C=O) groups excluding carboxylic acids is 1. The monoisotopic (exact) mass is 283 g/mol. The van der Waals surface area contributed by atoms with E-state index in [9.17, 15) is 4.79 Å². The second-order valence-electron chi connectivity index (χ2n) is 3.97. The molecular formula is C14H13N5O2. The Morgan fingerprint density at radius 2 is 2.05 bits per heavy atom. The van der Waals surface area contributed by atoms with Crippen LogP contribution in [0.2, 0.25) is 0 Å². The molecule has 1 amide bonds. The summed E-state index contributed by atoms with van der Waals surface area (Å²) in [4.78, 5) is 11.2. The molecule has 0 unspecified atom stereocenters. The second-order valence-corrected chi connectivity index (χ2v) is 3.97. The number of benzene rings is 1. The minimum absolute atomic E-state index is 0.286. The average molecular weight is 283 g/mol. The van der Waals surface area contributed by atoms with Gasteiger partial charge in [-0.2, -0.15) is 5.26 Å². The first kappa shape index (κ1) is 14.3. The molecule has 1 aromatic heterocycles. The Morgan fingerprint density at radius 1 is 1.29 bits per heavy atom. The number of hydrogen-bond donors (Lipinski definition) is 2. The standard InChI is InChI=1S/C14H13N5O2/c1-2-21-14(20)17-13-7-6-12(18-19-13)16-11-5-3-4-10(8-11)9-15/h3-8H,2H2,1H3,(H,16,18)(H,17,19,20). The molecule has 0 saturated carbocycles. The molecule has 0 aliphatic heterocycles. The van der Waals surface area contributed by atoms with Gasteiger partial charge in [0.25, 0.3) is 0 Å². The van der Waals surface area contributed by atoms with Crippen molar-refractivity contribution in [3.8, 4) is 6.07 Å². The van der Waals surface area contributed by atoms with Gasteiger partial charge in [0, 0.05) is 5.69 Å². The molecule has 7 heteroatoms. The molecule has 21 heavy (non-hydrogen) atoms. The number of ether oxygens (including phenoxy) is 1. The van der Waals surface area contributed by atoms with Crippen molar-refractivity contribution in [2.45, 2.75) is 6.92 Å². The number of hydrogen-bond acceptors (Lipinski definition) is 6. The lowest BCUT2D eigenvalue weighted by Crippen LogP contribution is -2.14. The quantitative estimate of drug-likeness (QED) is 0.894. The molecule has 0 aliphatic carbocycles. The van der Waals surface area contributed by atoms with E-state index in [1.54, 1.807) is 37.3 Å². The Labute approximate surface area is 121 Å². The molecule has 2 aromatic rings. The van der Waals surface area contributed by atoms with Gasteiger partial charge in [0.1, 0.15) is 0 Å². The number of rotatable bonds is 4. The van der Waals surface area contributed by atoms with E-state index >= 15 is 0 Å². The van der Waals surface area contributed by atoms with Gasteiger partial charge in [0.2, 0.25) is 0 Å². The molecular weight excluding hydrogens is 270 g/mol. The molecule has 0 fully saturated rings. The number of nitrogens with zero attached hydrogens (tertiary/aromatic N) is 3. The molecule has 1 aromatic carbocycles. The normalized spacial score (nSPS) is 9.52. The Kier molecular flexibility index (Phi) is 4.66. The van der Waals surface area contributed by atoms with Crippen LogP contribution in [-0.2, 0) is 4.74 Å². The predicted molar refractivity (Wildman–Crippen MR) is 77.1 cm³/mol. The number of carbonyl (C=O) groups is 1. The molecule has 0 bridgehead atoms. The van der Waals surface area contributed by atoms with E-state index in [0.29, 0.717) is 17.2 Å². The Hall–Kier alpha value is -3.14. The minimum Gasteiger partial charge on any atom is -0.450 e. The Balaban J connectivity index is 2.02. The van der Waals surface area contributed by atoms with E-state index in [1.807, 2.05) is 6.07 Å². The fraction of sp³-hybridized carbons (Fsp3) is 0.143. The van der Waals surface area contributed by atoms with Crippen molar-refractivity contribution in [3.63, 3.8) is 0 Å². The van der Waals surface area contributed by atoms with Crippen LogP contribution < -0.4 is 10.6 Å². The molecule has 7 nitrogen and oxygen atoms in total. The van der Waals surface area contributed by atoms with E-state index in [-0.39, 0.29) is 6.61 Å². The van der Waals surface area contributed by atoms with Crippen LogP contribution in [-0.4, -0.2) is 22.9 Å². The largest absolute Gasteiger partial charge is 0.450 e. The fourth-order valence-electron chi connectivity index (χ4n) is 1.55. The van der Waals surface area contributed by atoms with Gasteiger partial charge in [-0.1, -0.05) is 6.07 Å². The number of nitrogens with one attached hydrogen (secondary N) is 2. The first-order valence-electron chi connectivity index (χ1n) is 6.26. The first-order chi connectivity index (χ1) is 10.2. The average Bonchev–Trinajstić information content (AvgIpc) is 2.50. The van der Waals surface area contributed by atoms with Gasteiger partial charge in [-0.15, -0.1) is 10.2 Å². The lowest BCUT2D eigenvalue weighted by atomic mass is 10.2. The van der Waals surface area contributed by atoms with Crippen molar-refractivity contribution in [3.05, 3.63) is 42.0 Å². The lowest BCUT2D eigenvalue weighted by molar-refractivity contribution is 0.168. The van der Waals surface area contributed by atoms with Gasteiger partial charge >= 0.3 is 6.09 Å². The van der Waals surface area contributed by atoms with E-state index < -0.39 is 6.09 Å². The molecule has 106 valence electrons. The molecule has 1 heterocycles. The molecule has 0 aliphatic rings. The lowest BCUT2D eigenvalue weighted by Gasteiger charge is -2.06. The summed E-state index contributed by atoms with van der Waals surface area (Å²) in [6.45, 7) is 2.00. The predicted octanol–water partition coefficient (Wildman–Crippen LogP) is 2.66. The highest BCUT2D eigenvalue weighted by Crippen LogP contribution is 2.16. The maximum atomic E-state index is 11.2. The maximum Gasteiger partial charge on any atom is 0.412 e. The van der Waals surface area contributed by atoms with Crippen molar-refractivity contribution in [2.75, 3.05) is 17.2 Å². The maximum absolute atomic E-state index is 11.2. The van der Waals surface area contributed by atoms with Crippen LogP contribution in [0.15, 0.2) is 36.4 Å². The number of anilines is 3. The van der Waals surface area contributed by atoms with Crippen LogP contribution in [0.25, 0.3) is 0 Å².